The molecule has 3 N–H and O–H groups in total. The molecule has 1 aliphatic heterocycles. The Bertz CT molecular complexity index is 471. The predicted octanol–water partition coefficient (Wildman–Crippen LogP) is 0.592. The standard InChI is InChI=1S/C14H21N3O3/c1-9-7-16-11(8-15-9)14(18)17-10-4-5-12(19-2)13(6-10)20-3/h4-6,9,11,15-16H,7-8H2,1-3H3,(H,17,18). The zero-order valence-electron chi connectivity index (χ0n) is 12.0. The van der Waals surface area contributed by atoms with Gasteiger partial charge in [-0.2, -0.15) is 0 Å². The van der Waals surface area contributed by atoms with Gasteiger partial charge in [0.25, 0.3) is 0 Å². The molecule has 20 heavy (non-hydrogen) atoms. The molecule has 1 aromatic carbocycles. The average Bonchev–Trinajstić information content (AvgIpc) is 2.47. The van der Waals surface area contributed by atoms with Gasteiger partial charge in [0.1, 0.15) is 0 Å². The van der Waals surface area contributed by atoms with Gasteiger partial charge in [-0.25, -0.2) is 0 Å². The van der Waals surface area contributed by atoms with E-state index in [2.05, 4.69) is 22.9 Å². The fraction of sp³-hybridized carbons (Fsp3) is 0.500. The van der Waals surface area contributed by atoms with Crippen LogP contribution in [0.15, 0.2) is 18.2 Å². The van der Waals surface area contributed by atoms with E-state index in [9.17, 15) is 4.79 Å². The van der Waals surface area contributed by atoms with E-state index in [0.29, 0.717) is 29.8 Å². The Kier molecular flexibility index (Phi) is 4.81. The largest absolute Gasteiger partial charge is 0.493 e. The summed E-state index contributed by atoms with van der Waals surface area (Å²) in [7, 11) is 3.15. The van der Waals surface area contributed by atoms with Crippen LogP contribution in [0.3, 0.4) is 0 Å². The number of carbonyl (C=O) groups is 1. The van der Waals surface area contributed by atoms with Crippen molar-refractivity contribution in [3.63, 3.8) is 0 Å². The summed E-state index contributed by atoms with van der Waals surface area (Å²) in [5, 5.41) is 9.36. The third-order valence-electron chi connectivity index (χ3n) is 3.31. The lowest BCUT2D eigenvalue weighted by molar-refractivity contribution is -0.118. The van der Waals surface area contributed by atoms with Gasteiger partial charge in [0.15, 0.2) is 11.5 Å². The first kappa shape index (κ1) is 14.6. The van der Waals surface area contributed by atoms with Crippen molar-refractivity contribution in [2.24, 2.45) is 0 Å². The Labute approximate surface area is 118 Å². The number of benzene rings is 1. The second kappa shape index (κ2) is 6.58. The van der Waals surface area contributed by atoms with Crippen LogP contribution in [-0.4, -0.2) is 45.3 Å². The van der Waals surface area contributed by atoms with E-state index < -0.39 is 0 Å². The molecule has 2 unspecified atom stereocenters. The van der Waals surface area contributed by atoms with Crippen molar-refractivity contribution < 1.29 is 14.3 Å². The Morgan fingerprint density at radius 1 is 1.20 bits per heavy atom. The third-order valence-corrected chi connectivity index (χ3v) is 3.31. The van der Waals surface area contributed by atoms with Crippen molar-refractivity contribution in [2.75, 3.05) is 32.6 Å². The smallest absolute Gasteiger partial charge is 0.242 e. The molecule has 0 saturated carbocycles. The molecule has 6 heteroatoms. The molecule has 0 aromatic heterocycles. The second-order valence-electron chi connectivity index (χ2n) is 4.83. The molecule has 1 aliphatic rings. The first-order valence-electron chi connectivity index (χ1n) is 6.63. The Morgan fingerprint density at radius 2 is 1.95 bits per heavy atom. The van der Waals surface area contributed by atoms with E-state index in [1.165, 1.54) is 0 Å². The van der Waals surface area contributed by atoms with E-state index in [-0.39, 0.29) is 11.9 Å². The topological polar surface area (TPSA) is 71.6 Å². The van der Waals surface area contributed by atoms with Crippen LogP contribution in [0.1, 0.15) is 6.92 Å². The number of hydrogen-bond donors (Lipinski definition) is 3. The van der Waals surface area contributed by atoms with Gasteiger partial charge in [0.05, 0.1) is 20.3 Å². The number of rotatable bonds is 4. The minimum atomic E-state index is -0.223. The summed E-state index contributed by atoms with van der Waals surface area (Å²) in [6, 6.07) is 5.47. The first-order valence-corrected chi connectivity index (χ1v) is 6.63. The van der Waals surface area contributed by atoms with Gasteiger partial charge < -0.3 is 25.4 Å². The number of hydrogen-bond acceptors (Lipinski definition) is 5. The van der Waals surface area contributed by atoms with Crippen LogP contribution >= 0.6 is 0 Å². The maximum atomic E-state index is 12.1. The fourth-order valence-corrected chi connectivity index (χ4v) is 2.11. The number of carbonyl (C=O) groups excluding carboxylic acids is 1. The molecule has 1 amide bonds. The zero-order valence-corrected chi connectivity index (χ0v) is 12.0. The van der Waals surface area contributed by atoms with Crippen LogP contribution in [0, 0.1) is 0 Å². The molecule has 1 heterocycles. The summed E-state index contributed by atoms with van der Waals surface area (Å²) in [5.41, 5.74) is 0.688. The molecule has 0 spiro atoms. The molecule has 2 rings (SSSR count). The van der Waals surface area contributed by atoms with Gasteiger partial charge >= 0.3 is 0 Å². The molecule has 1 fully saturated rings. The van der Waals surface area contributed by atoms with Crippen molar-refractivity contribution in [3.05, 3.63) is 18.2 Å². The molecular formula is C14H21N3O3. The number of methoxy groups -OCH3 is 2. The molecule has 0 aliphatic carbocycles. The van der Waals surface area contributed by atoms with E-state index in [1.807, 2.05) is 0 Å². The highest BCUT2D eigenvalue weighted by molar-refractivity contribution is 5.95. The first-order chi connectivity index (χ1) is 9.63. The van der Waals surface area contributed by atoms with E-state index in [0.717, 1.165) is 6.54 Å². The summed E-state index contributed by atoms with van der Waals surface area (Å²) in [4.78, 5) is 12.1. The van der Waals surface area contributed by atoms with Crippen molar-refractivity contribution in [2.45, 2.75) is 19.0 Å². The SMILES string of the molecule is COc1ccc(NC(=O)C2CNC(C)CN2)cc1OC. The third kappa shape index (κ3) is 3.40. The van der Waals surface area contributed by atoms with Crippen molar-refractivity contribution >= 4 is 11.6 Å². The highest BCUT2D eigenvalue weighted by Gasteiger charge is 2.23. The molecule has 1 aromatic rings. The molecule has 6 nitrogen and oxygen atoms in total. The fourth-order valence-electron chi connectivity index (χ4n) is 2.11. The van der Waals surface area contributed by atoms with Gasteiger partial charge in [0.2, 0.25) is 5.91 Å². The summed E-state index contributed by atoms with van der Waals surface area (Å²) in [6.07, 6.45) is 0. The van der Waals surface area contributed by atoms with Gasteiger partial charge in [-0.15, -0.1) is 0 Å². The number of piperazine rings is 1. The maximum Gasteiger partial charge on any atom is 0.242 e. The van der Waals surface area contributed by atoms with Gasteiger partial charge in [0, 0.05) is 30.9 Å². The minimum absolute atomic E-state index is 0.0587. The van der Waals surface area contributed by atoms with Crippen molar-refractivity contribution in [3.8, 4) is 11.5 Å². The molecule has 1 saturated heterocycles. The average molecular weight is 279 g/mol. The molecule has 0 radical (unpaired) electrons. The molecule has 0 bridgehead atoms. The van der Waals surface area contributed by atoms with Crippen LogP contribution < -0.4 is 25.4 Å². The van der Waals surface area contributed by atoms with Crippen LogP contribution in [0.4, 0.5) is 5.69 Å². The monoisotopic (exact) mass is 279 g/mol. The van der Waals surface area contributed by atoms with Crippen molar-refractivity contribution in [1.29, 1.82) is 0 Å². The highest BCUT2D eigenvalue weighted by atomic mass is 16.5. The summed E-state index contributed by atoms with van der Waals surface area (Å²) >= 11 is 0. The number of ether oxygens (including phenoxy) is 2. The lowest BCUT2D eigenvalue weighted by atomic mass is 10.1. The summed E-state index contributed by atoms with van der Waals surface area (Å²) in [5.74, 6) is 1.17. The van der Waals surface area contributed by atoms with Gasteiger partial charge in [-0.1, -0.05) is 0 Å². The highest BCUT2D eigenvalue weighted by Crippen LogP contribution is 2.29. The molecule has 2 atom stereocenters. The number of amides is 1. The number of nitrogens with one attached hydrogen (secondary N) is 3. The summed E-state index contributed by atoms with van der Waals surface area (Å²) < 4.78 is 10.4. The van der Waals surface area contributed by atoms with E-state index in [4.69, 9.17) is 9.47 Å². The van der Waals surface area contributed by atoms with Crippen LogP contribution in [0.25, 0.3) is 0 Å². The lowest BCUT2D eigenvalue weighted by Gasteiger charge is -2.28. The predicted molar refractivity (Wildman–Crippen MR) is 77.4 cm³/mol. The molecular weight excluding hydrogens is 258 g/mol. The minimum Gasteiger partial charge on any atom is -0.493 e. The summed E-state index contributed by atoms with van der Waals surface area (Å²) in [6.45, 7) is 3.49. The Balaban J connectivity index is 2.00. The van der Waals surface area contributed by atoms with Crippen LogP contribution in [0.2, 0.25) is 0 Å². The maximum absolute atomic E-state index is 12.1. The second-order valence-corrected chi connectivity index (χ2v) is 4.83. The normalized spacial score (nSPS) is 22.1. The quantitative estimate of drug-likeness (QED) is 0.752. The molecule has 110 valence electrons. The Hall–Kier alpha value is -1.79. The van der Waals surface area contributed by atoms with E-state index >= 15 is 0 Å². The van der Waals surface area contributed by atoms with Crippen LogP contribution in [0.5, 0.6) is 11.5 Å². The van der Waals surface area contributed by atoms with Crippen molar-refractivity contribution in [1.82, 2.24) is 10.6 Å². The lowest BCUT2D eigenvalue weighted by Crippen LogP contribution is -2.57. The zero-order chi connectivity index (χ0) is 14.5. The number of anilines is 1. The van der Waals surface area contributed by atoms with Crippen LogP contribution in [-0.2, 0) is 4.79 Å². The van der Waals surface area contributed by atoms with Gasteiger partial charge in [-0.05, 0) is 19.1 Å². The van der Waals surface area contributed by atoms with Gasteiger partial charge in [-0.3, -0.25) is 4.79 Å². The Morgan fingerprint density at radius 3 is 2.55 bits per heavy atom. The van der Waals surface area contributed by atoms with E-state index in [1.54, 1.807) is 32.4 Å².